The lowest BCUT2D eigenvalue weighted by atomic mass is 9.90. The molecule has 0 spiro atoms. The molecule has 0 radical (unpaired) electrons. The molecule has 0 bridgehead atoms. The normalized spacial score (nSPS) is 17.3. The molecular weight excluding hydrogens is 255 g/mol. The van der Waals surface area contributed by atoms with E-state index in [2.05, 4.69) is 5.32 Å². The summed E-state index contributed by atoms with van der Waals surface area (Å²) in [4.78, 5) is 33.8. The Labute approximate surface area is 107 Å². The molecule has 1 aliphatic rings. The average molecular weight is 266 g/mol. The zero-order valence-electron chi connectivity index (χ0n) is 9.81. The summed E-state index contributed by atoms with van der Waals surface area (Å²) in [6.07, 6.45) is -0.115. The summed E-state index contributed by atoms with van der Waals surface area (Å²) in [6, 6.07) is 3.71. The minimum Gasteiger partial charge on any atom is -0.455 e. The van der Waals surface area contributed by atoms with Gasteiger partial charge in [0.1, 0.15) is 5.82 Å². The Hall–Kier alpha value is -2.44. The van der Waals surface area contributed by atoms with Crippen molar-refractivity contribution in [3.05, 3.63) is 29.6 Å². The highest BCUT2D eigenvalue weighted by Crippen LogP contribution is 2.33. The van der Waals surface area contributed by atoms with Crippen LogP contribution in [0.25, 0.3) is 0 Å². The number of carbonyl (C=O) groups excluding carboxylic acids is 3. The van der Waals surface area contributed by atoms with E-state index in [0.29, 0.717) is 5.56 Å². The fourth-order valence-electron chi connectivity index (χ4n) is 1.89. The lowest BCUT2D eigenvalue weighted by molar-refractivity contribution is -0.150. The first kappa shape index (κ1) is 13.0. The van der Waals surface area contributed by atoms with Crippen molar-refractivity contribution in [2.45, 2.75) is 12.3 Å². The van der Waals surface area contributed by atoms with E-state index in [0.717, 1.165) is 6.07 Å². The lowest BCUT2D eigenvalue weighted by Gasteiger charge is -2.23. The van der Waals surface area contributed by atoms with Gasteiger partial charge in [-0.2, -0.15) is 0 Å². The molecule has 0 aliphatic carbocycles. The topological polar surface area (TPSA) is 98.5 Å². The average Bonchev–Trinajstić information content (AvgIpc) is 2.34. The Kier molecular flexibility index (Phi) is 3.46. The number of hydrogen-bond donors (Lipinski definition) is 2. The van der Waals surface area contributed by atoms with Crippen LogP contribution in [0.1, 0.15) is 17.9 Å². The van der Waals surface area contributed by atoms with Crippen molar-refractivity contribution in [3.8, 4) is 0 Å². The van der Waals surface area contributed by atoms with Crippen LogP contribution in [0.3, 0.4) is 0 Å². The van der Waals surface area contributed by atoms with Gasteiger partial charge in [0.25, 0.3) is 5.91 Å². The maximum Gasteiger partial charge on any atom is 0.314 e. The van der Waals surface area contributed by atoms with Crippen LogP contribution in [0.15, 0.2) is 18.2 Å². The molecule has 19 heavy (non-hydrogen) atoms. The van der Waals surface area contributed by atoms with Crippen LogP contribution in [0, 0.1) is 5.82 Å². The molecule has 1 aromatic rings. The SMILES string of the molecule is NC(=O)COC(=O)C1CC(=O)Nc2cc(F)ccc21. The first-order valence-electron chi connectivity index (χ1n) is 5.51. The maximum absolute atomic E-state index is 13.1. The summed E-state index contributed by atoms with van der Waals surface area (Å²) in [6.45, 7) is -0.548. The zero-order chi connectivity index (χ0) is 14.0. The van der Waals surface area contributed by atoms with Gasteiger partial charge in [0.05, 0.1) is 5.92 Å². The Morgan fingerprint density at radius 2 is 2.21 bits per heavy atom. The highest BCUT2D eigenvalue weighted by Gasteiger charge is 2.32. The largest absolute Gasteiger partial charge is 0.455 e. The fraction of sp³-hybridized carbons (Fsp3) is 0.250. The number of primary amides is 1. The Morgan fingerprint density at radius 3 is 2.89 bits per heavy atom. The van der Waals surface area contributed by atoms with Gasteiger partial charge in [0, 0.05) is 12.1 Å². The van der Waals surface area contributed by atoms with Gasteiger partial charge < -0.3 is 15.8 Å². The van der Waals surface area contributed by atoms with Gasteiger partial charge in [-0.15, -0.1) is 0 Å². The Balaban J connectivity index is 2.25. The minimum atomic E-state index is -0.858. The van der Waals surface area contributed by atoms with Crippen LogP contribution < -0.4 is 11.1 Å². The van der Waals surface area contributed by atoms with Gasteiger partial charge in [-0.1, -0.05) is 6.07 Å². The number of amides is 2. The number of fused-ring (bicyclic) bond motifs is 1. The van der Waals surface area contributed by atoms with Gasteiger partial charge in [-0.05, 0) is 17.7 Å². The fourth-order valence-corrected chi connectivity index (χ4v) is 1.89. The van der Waals surface area contributed by atoms with E-state index in [1.165, 1.54) is 12.1 Å². The predicted molar refractivity (Wildman–Crippen MR) is 62.5 cm³/mol. The second-order valence-electron chi connectivity index (χ2n) is 4.11. The van der Waals surface area contributed by atoms with Gasteiger partial charge in [-0.25, -0.2) is 4.39 Å². The number of esters is 1. The predicted octanol–water partition coefficient (Wildman–Crippen LogP) is 0.280. The van der Waals surface area contributed by atoms with Crippen LogP contribution in [-0.2, 0) is 19.1 Å². The van der Waals surface area contributed by atoms with Crippen molar-refractivity contribution in [2.24, 2.45) is 5.73 Å². The summed E-state index contributed by atoms with van der Waals surface area (Å²) in [5.74, 6) is -3.32. The van der Waals surface area contributed by atoms with Crippen molar-refractivity contribution in [1.82, 2.24) is 0 Å². The monoisotopic (exact) mass is 266 g/mol. The second-order valence-corrected chi connectivity index (χ2v) is 4.11. The molecule has 100 valence electrons. The highest BCUT2D eigenvalue weighted by molar-refractivity contribution is 6.00. The summed E-state index contributed by atoms with van der Waals surface area (Å²) in [5, 5.41) is 2.47. The Bertz CT molecular complexity index is 559. The molecule has 1 atom stereocenters. The van der Waals surface area contributed by atoms with Crippen LogP contribution >= 0.6 is 0 Å². The molecule has 2 rings (SSSR count). The van der Waals surface area contributed by atoms with Gasteiger partial charge in [0.2, 0.25) is 5.91 Å². The smallest absolute Gasteiger partial charge is 0.314 e. The standard InChI is InChI=1S/C12H11FN2O4/c13-6-1-2-7-8(12(18)19-5-10(14)16)4-11(17)15-9(7)3-6/h1-3,8H,4-5H2,(H2,14,16)(H,15,17). The van der Waals surface area contributed by atoms with Crippen LogP contribution in [0.5, 0.6) is 0 Å². The number of benzene rings is 1. The molecule has 1 heterocycles. The van der Waals surface area contributed by atoms with Crippen LogP contribution in [0.2, 0.25) is 0 Å². The molecule has 0 saturated carbocycles. The second kappa shape index (κ2) is 5.05. The highest BCUT2D eigenvalue weighted by atomic mass is 19.1. The third kappa shape index (κ3) is 2.87. The maximum atomic E-state index is 13.1. The minimum absolute atomic E-state index is 0.115. The number of ether oxygens (including phenoxy) is 1. The van der Waals surface area contributed by atoms with E-state index in [-0.39, 0.29) is 12.1 Å². The lowest BCUT2D eigenvalue weighted by Crippen LogP contribution is -2.30. The summed E-state index contributed by atoms with van der Waals surface area (Å²) in [5.41, 5.74) is 5.55. The quantitative estimate of drug-likeness (QED) is 0.767. The number of anilines is 1. The number of rotatable bonds is 3. The molecule has 1 aliphatic heterocycles. The van der Waals surface area contributed by atoms with Crippen molar-refractivity contribution < 1.29 is 23.5 Å². The van der Waals surface area contributed by atoms with Crippen molar-refractivity contribution >= 4 is 23.5 Å². The first-order valence-corrected chi connectivity index (χ1v) is 5.51. The zero-order valence-corrected chi connectivity index (χ0v) is 9.81. The number of carbonyl (C=O) groups is 3. The molecule has 1 aromatic carbocycles. The van der Waals surface area contributed by atoms with Crippen LogP contribution in [-0.4, -0.2) is 24.4 Å². The van der Waals surface area contributed by atoms with Crippen molar-refractivity contribution in [2.75, 3.05) is 11.9 Å². The molecule has 0 saturated heterocycles. The number of nitrogens with two attached hydrogens (primary N) is 1. The van der Waals surface area contributed by atoms with Gasteiger partial charge >= 0.3 is 5.97 Å². The molecular formula is C12H11FN2O4. The third-order valence-corrected chi connectivity index (χ3v) is 2.70. The van der Waals surface area contributed by atoms with E-state index in [4.69, 9.17) is 10.5 Å². The molecule has 3 N–H and O–H groups in total. The van der Waals surface area contributed by atoms with E-state index < -0.39 is 36.1 Å². The summed E-state index contributed by atoms with van der Waals surface area (Å²) in [7, 11) is 0. The van der Waals surface area contributed by atoms with Crippen LogP contribution in [0.4, 0.5) is 10.1 Å². The first-order chi connectivity index (χ1) is 8.97. The van der Waals surface area contributed by atoms with Crippen molar-refractivity contribution in [1.29, 1.82) is 0 Å². The number of nitrogens with one attached hydrogen (secondary N) is 1. The van der Waals surface area contributed by atoms with E-state index in [1.807, 2.05) is 0 Å². The van der Waals surface area contributed by atoms with Crippen molar-refractivity contribution in [3.63, 3.8) is 0 Å². The van der Waals surface area contributed by atoms with E-state index in [1.54, 1.807) is 0 Å². The molecule has 1 unspecified atom stereocenters. The molecule has 2 amide bonds. The molecule has 6 nitrogen and oxygen atoms in total. The van der Waals surface area contributed by atoms with E-state index in [9.17, 15) is 18.8 Å². The summed E-state index contributed by atoms with van der Waals surface area (Å²) >= 11 is 0. The molecule has 7 heteroatoms. The van der Waals surface area contributed by atoms with Gasteiger partial charge in [0.15, 0.2) is 6.61 Å². The molecule has 0 fully saturated rings. The number of hydrogen-bond acceptors (Lipinski definition) is 4. The summed E-state index contributed by atoms with van der Waals surface area (Å²) < 4.78 is 17.8. The number of halogens is 1. The van der Waals surface area contributed by atoms with E-state index >= 15 is 0 Å². The molecule has 0 aromatic heterocycles. The van der Waals surface area contributed by atoms with Gasteiger partial charge in [-0.3, -0.25) is 14.4 Å². The Morgan fingerprint density at radius 1 is 1.47 bits per heavy atom. The third-order valence-electron chi connectivity index (χ3n) is 2.70.